The summed E-state index contributed by atoms with van der Waals surface area (Å²) in [4.78, 5) is 0. The summed E-state index contributed by atoms with van der Waals surface area (Å²) >= 11 is 0. The summed E-state index contributed by atoms with van der Waals surface area (Å²) < 4.78 is 43.8. The second kappa shape index (κ2) is 6.13. The maximum atomic E-state index is 12.4. The lowest BCUT2D eigenvalue weighted by Gasteiger charge is -2.01. The molecule has 0 fully saturated rings. The van der Waals surface area contributed by atoms with Gasteiger partial charge in [-0.15, -0.1) is 0 Å². The minimum atomic E-state index is -4.36. The Bertz CT molecular complexity index is 545. The van der Waals surface area contributed by atoms with E-state index in [1.807, 2.05) is 6.07 Å². The Morgan fingerprint density at radius 3 is 2.85 bits per heavy atom. The van der Waals surface area contributed by atoms with Crippen LogP contribution in [0.3, 0.4) is 0 Å². The number of hydrogen-bond donors (Lipinski definition) is 1. The third kappa shape index (κ3) is 3.86. The average molecular weight is 287 g/mol. The van der Waals surface area contributed by atoms with E-state index in [0.29, 0.717) is 12.3 Å². The highest BCUT2D eigenvalue weighted by molar-refractivity contribution is 5.14. The second-order valence-corrected chi connectivity index (χ2v) is 4.52. The molecule has 0 aliphatic carbocycles. The van der Waals surface area contributed by atoms with E-state index in [1.54, 1.807) is 6.26 Å². The Kier molecular flexibility index (Phi) is 4.49. The number of aromatic nitrogens is 2. The van der Waals surface area contributed by atoms with Crippen molar-refractivity contribution in [1.29, 1.82) is 0 Å². The zero-order valence-corrected chi connectivity index (χ0v) is 11.1. The number of alkyl halides is 3. The third-order valence-electron chi connectivity index (χ3n) is 2.74. The van der Waals surface area contributed by atoms with Crippen molar-refractivity contribution in [2.45, 2.75) is 32.6 Å². The number of nitrogens with zero attached hydrogens (tertiary/aromatic N) is 2. The quantitative estimate of drug-likeness (QED) is 0.830. The standard InChI is InChI=1S/C13H16F3N3O/c1-2-3-17-5-10-4-12(20-9-10)8-19-7-11(6-18-19)13(14,15)16/h4,6-7,9,17H,2-3,5,8H2,1H3. The van der Waals surface area contributed by atoms with E-state index in [-0.39, 0.29) is 6.54 Å². The topological polar surface area (TPSA) is 43.0 Å². The van der Waals surface area contributed by atoms with E-state index in [4.69, 9.17) is 4.42 Å². The van der Waals surface area contributed by atoms with Crippen molar-refractivity contribution in [3.8, 4) is 0 Å². The van der Waals surface area contributed by atoms with Crippen molar-refractivity contribution < 1.29 is 17.6 Å². The van der Waals surface area contributed by atoms with E-state index < -0.39 is 11.7 Å². The van der Waals surface area contributed by atoms with E-state index in [0.717, 1.165) is 30.9 Å². The third-order valence-corrected chi connectivity index (χ3v) is 2.74. The smallest absolute Gasteiger partial charge is 0.419 e. The van der Waals surface area contributed by atoms with Gasteiger partial charge in [0.05, 0.1) is 24.6 Å². The largest absolute Gasteiger partial charge is 0.467 e. The maximum Gasteiger partial charge on any atom is 0.419 e. The lowest BCUT2D eigenvalue weighted by Crippen LogP contribution is -2.13. The van der Waals surface area contributed by atoms with Crippen LogP contribution < -0.4 is 5.32 Å². The van der Waals surface area contributed by atoms with Crippen LogP contribution in [0.2, 0.25) is 0 Å². The normalized spacial score (nSPS) is 12.0. The highest BCUT2D eigenvalue weighted by Crippen LogP contribution is 2.28. The van der Waals surface area contributed by atoms with E-state index in [2.05, 4.69) is 17.3 Å². The van der Waals surface area contributed by atoms with Crippen molar-refractivity contribution in [2.75, 3.05) is 6.54 Å². The number of furan rings is 1. The molecule has 0 unspecified atom stereocenters. The zero-order chi connectivity index (χ0) is 14.6. The van der Waals surface area contributed by atoms with Crippen molar-refractivity contribution in [1.82, 2.24) is 15.1 Å². The van der Waals surface area contributed by atoms with Gasteiger partial charge >= 0.3 is 6.18 Å². The monoisotopic (exact) mass is 287 g/mol. The van der Waals surface area contributed by atoms with Crippen LogP contribution in [0.4, 0.5) is 13.2 Å². The number of halogens is 3. The number of hydrogen-bond acceptors (Lipinski definition) is 3. The molecule has 7 heteroatoms. The van der Waals surface area contributed by atoms with E-state index in [9.17, 15) is 13.2 Å². The second-order valence-electron chi connectivity index (χ2n) is 4.52. The molecule has 2 aromatic heterocycles. The predicted molar refractivity (Wildman–Crippen MR) is 67.0 cm³/mol. The van der Waals surface area contributed by atoms with Crippen LogP contribution in [-0.4, -0.2) is 16.3 Å². The summed E-state index contributed by atoms with van der Waals surface area (Å²) in [5.41, 5.74) is 0.213. The molecule has 20 heavy (non-hydrogen) atoms. The fourth-order valence-electron chi connectivity index (χ4n) is 1.77. The van der Waals surface area contributed by atoms with Gasteiger partial charge in [0.2, 0.25) is 0 Å². The van der Waals surface area contributed by atoms with Gasteiger partial charge in [0.25, 0.3) is 0 Å². The van der Waals surface area contributed by atoms with Gasteiger partial charge < -0.3 is 9.73 Å². The minimum Gasteiger partial charge on any atom is -0.467 e. The van der Waals surface area contributed by atoms with Crippen LogP contribution in [0.1, 0.15) is 30.2 Å². The van der Waals surface area contributed by atoms with Crippen molar-refractivity contribution >= 4 is 0 Å². The molecule has 4 nitrogen and oxygen atoms in total. The van der Waals surface area contributed by atoms with E-state index in [1.165, 1.54) is 4.68 Å². The molecule has 0 spiro atoms. The highest BCUT2D eigenvalue weighted by atomic mass is 19.4. The van der Waals surface area contributed by atoms with Gasteiger partial charge in [-0.05, 0) is 19.0 Å². The summed E-state index contributed by atoms with van der Waals surface area (Å²) in [7, 11) is 0. The lowest BCUT2D eigenvalue weighted by atomic mass is 10.3. The maximum absolute atomic E-state index is 12.4. The fourth-order valence-corrected chi connectivity index (χ4v) is 1.77. The van der Waals surface area contributed by atoms with Gasteiger partial charge in [-0.25, -0.2) is 0 Å². The van der Waals surface area contributed by atoms with Gasteiger partial charge in [-0.1, -0.05) is 6.92 Å². The van der Waals surface area contributed by atoms with Gasteiger partial charge in [0, 0.05) is 18.3 Å². The Morgan fingerprint density at radius 2 is 2.20 bits per heavy atom. The fraction of sp³-hybridized carbons (Fsp3) is 0.462. The summed E-state index contributed by atoms with van der Waals surface area (Å²) in [6.07, 6.45) is 0.0607. The molecule has 110 valence electrons. The first-order valence-corrected chi connectivity index (χ1v) is 6.35. The van der Waals surface area contributed by atoms with Crippen molar-refractivity contribution in [3.63, 3.8) is 0 Å². The summed E-state index contributed by atoms with van der Waals surface area (Å²) in [5, 5.41) is 6.91. The predicted octanol–water partition coefficient (Wildman–Crippen LogP) is 3.04. The van der Waals surface area contributed by atoms with Crippen molar-refractivity contribution in [2.24, 2.45) is 0 Å². The minimum absolute atomic E-state index is 0.184. The Labute approximate surface area is 114 Å². The molecular formula is C13H16F3N3O. The molecule has 0 saturated carbocycles. The molecule has 0 aliphatic heterocycles. The van der Waals surface area contributed by atoms with Gasteiger partial charge in [0.1, 0.15) is 5.76 Å². The molecule has 0 radical (unpaired) electrons. The zero-order valence-electron chi connectivity index (χ0n) is 11.1. The van der Waals surface area contributed by atoms with Gasteiger partial charge in [-0.2, -0.15) is 18.3 Å². The summed E-state index contributed by atoms with van der Waals surface area (Å²) in [5.74, 6) is 0.579. The molecule has 0 aromatic carbocycles. The molecule has 2 rings (SSSR count). The first kappa shape index (κ1) is 14.6. The first-order chi connectivity index (χ1) is 9.49. The first-order valence-electron chi connectivity index (χ1n) is 6.35. The molecule has 0 aliphatic rings. The molecule has 2 aromatic rings. The SMILES string of the molecule is CCCNCc1coc(Cn2cc(C(F)(F)F)cn2)c1. The summed E-state index contributed by atoms with van der Waals surface area (Å²) in [6.45, 7) is 3.85. The van der Waals surface area contributed by atoms with Crippen LogP contribution in [-0.2, 0) is 19.3 Å². The van der Waals surface area contributed by atoms with E-state index >= 15 is 0 Å². The highest BCUT2D eigenvalue weighted by Gasteiger charge is 2.32. The molecular weight excluding hydrogens is 271 g/mol. The average Bonchev–Trinajstić information content (AvgIpc) is 2.99. The molecule has 0 saturated heterocycles. The Morgan fingerprint density at radius 1 is 1.40 bits per heavy atom. The Balaban J connectivity index is 1.95. The van der Waals surface area contributed by atoms with Crippen LogP contribution in [0.5, 0.6) is 0 Å². The van der Waals surface area contributed by atoms with Gasteiger partial charge in [-0.3, -0.25) is 4.68 Å². The Hall–Kier alpha value is -1.76. The summed E-state index contributed by atoms with van der Waals surface area (Å²) in [6, 6.07) is 1.82. The molecule has 2 heterocycles. The molecule has 0 bridgehead atoms. The molecule has 0 atom stereocenters. The van der Waals surface area contributed by atoms with Gasteiger partial charge in [0.15, 0.2) is 0 Å². The molecule has 1 N–H and O–H groups in total. The van der Waals surface area contributed by atoms with Crippen molar-refractivity contribution in [3.05, 3.63) is 41.6 Å². The number of rotatable bonds is 6. The van der Waals surface area contributed by atoms with Crippen LogP contribution >= 0.6 is 0 Å². The molecule has 0 amide bonds. The van der Waals surface area contributed by atoms with Crippen LogP contribution in [0.15, 0.2) is 29.1 Å². The van der Waals surface area contributed by atoms with Crippen LogP contribution in [0.25, 0.3) is 0 Å². The lowest BCUT2D eigenvalue weighted by molar-refractivity contribution is -0.137. The van der Waals surface area contributed by atoms with Crippen LogP contribution in [0, 0.1) is 0 Å². The number of nitrogens with one attached hydrogen (secondary N) is 1.